The van der Waals surface area contributed by atoms with Crippen LogP contribution in [0.4, 0.5) is 4.79 Å². The number of urea groups is 1. The number of aliphatic hydroxyl groups excluding tert-OH is 1. The van der Waals surface area contributed by atoms with Crippen molar-refractivity contribution in [1.82, 2.24) is 10.6 Å². The van der Waals surface area contributed by atoms with Crippen LogP contribution in [0.1, 0.15) is 13.8 Å². The van der Waals surface area contributed by atoms with E-state index in [1.54, 1.807) is 24.3 Å². The number of rotatable bonds is 7. The number of carbonyl (C=O) groups excluding carboxylic acids is 1. The van der Waals surface area contributed by atoms with E-state index in [-0.39, 0.29) is 24.6 Å². The number of hydrogen-bond acceptors (Lipinski definition) is 3. The lowest BCUT2D eigenvalue weighted by Gasteiger charge is -2.19. The molecule has 1 aromatic carbocycles. The molecule has 2 unspecified atom stereocenters. The minimum absolute atomic E-state index is 0.0171. The average Bonchev–Trinajstić information content (AvgIpc) is 2.42. The molecule has 0 saturated heterocycles. The summed E-state index contributed by atoms with van der Waals surface area (Å²) < 4.78 is 5.44. The van der Waals surface area contributed by atoms with E-state index < -0.39 is 0 Å². The summed E-state index contributed by atoms with van der Waals surface area (Å²) in [6, 6.07) is 6.73. The van der Waals surface area contributed by atoms with Crippen molar-refractivity contribution < 1.29 is 14.6 Å². The largest absolute Gasteiger partial charge is 0.492 e. The third kappa shape index (κ3) is 6.12. The molecule has 0 aromatic heterocycles. The van der Waals surface area contributed by atoms with Crippen molar-refractivity contribution in [3.63, 3.8) is 0 Å². The molecular weight excluding hydrogens is 280 g/mol. The summed E-state index contributed by atoms with van der Waals surface area (Å²) in [5.74, 6) is 0.686. The highest BCUT2D eigenvalue weighted by Crippen LogP contribution is 2.16. The molecule has 1 aromatic rings. The average molecular weight is 301 g/mol. The number of nitrogens with one attached hydrogen (secondary N) is 2. The molecule has 5 nitrogen and oxygen atoms in total. The van der Waals surface area contributed by atoms with E-state index in [9.17, 15) is 4.79 Å². The van der Waals surface area contributed by atoms with Gasteiger partial charge in [0, 0.05) is 17.7 Å². The van der Waals surface area contributed by atoms with Gasteiger partial charge in [0.15, 0.2) is 0 Å². The predicted octanol–water partition coefficient (Wildman–Crippen LogP) is 2.03. The third-order valence-corrected chi connectivity index (χ3v) is 3.19. The standard InChI is InChI=1S/C14H21ClN2O3/c1-10(9-18)11(2)17-14(19)16-6-7-20-13-5-3-4-12(15)8-13/h3-5,8,10-11,18H,6-7,9H2,1-2H3,(H2,16,17,19). The number of ether oxygens (including phenoxy) is 1. The molecule has 0 aliphatic carbocycles. The molecule has 0 spiro atoms. The van der Waals surface area contributed by atoms with Crippen LogP contribution in [0.5, 0.6) is 5.75 Å². The highest BCUT2D eigenvalue weighted by Gasteiger charge is 2.13. The van der Waals surface area contributed by atoms with Crippen molar-refractivity contribution in [2.45, 2.75) is 19.9 Å². The first-order valence-electron chi connectivity index (χ1n) is 6.56. The van der Waals surface area contributed by atoms with Crippen molar-refractivity contribution in [2.24, 2.45) is 5.92 Å². The fraction of sp³-hybridized carbons (Fsp3) is 0.500. The summed E-state index contributed by atoms with van der Waals surface area (Å²) >= 11 is 5.83. The monoisotopic (exact) mass is 300 g/mol. The van der Waals surface area contributed by atoms with Crippen molar-refractivity contribution in [1.29, 1.82) is 0 Å². The van der Waals surface area contributed by atoms with Crippen LogP contribution in [-0.4, -0.2) is 36.9 Å². The maximum atomic E-state index is 11.6. The molecule has 0 aliphatic rings. The zero-order valence-corrected chi connectivity index (χ0v) is 12.5. The summed E-state index contributed by atoms with van der Waals surface area (Å²) in [6.07, 6.45) is 0. The summed E-state index contributed by atoms with van der Waals surface area (Å²) in [7, 11) is 0. The first-order chi connectivity index (χ1) is 9.52. The van der Waals surface area contributed by atoms with Gasteiger partial charge in [-0.15, -0.1) is 0 Å². The van der Waals surface area contributed by atoms with E-state index >= 15 is 0 Å². The molecule has 0 saturated carbocycles. The lowest BCUT2D eigenvalue weighted by atomic mass is 10.1. The SMILES string of the molecule is CC(CO)C(C)NC(=O)NCCOc1cccc(Cl)c1. The molecule has 0 aliphatic heterocycles. The molecule has 3 N–H and O–H groups in total. The molecule has 1 rings (SSSR count). The second kappa shape index (κ2) is 8.66. The second-order valence-electron chi connectivity index (χ2n) is 4.65. The van der Waals surface area contributed by atoms with Gasteiger partial charge >= 0.3 is 6.03 Å². The minimum atomic E-state index is -0.271. The summed E-state index contributed by atoms with van der Waals surface area (Å²) in [4.78, 5) is 11.6. The molecule has 20 heavy (non-hydrogen) atoms. The van der Waals surface area contributed by atoms with Crippen LogP contribution < -0.4 is 15.4 Å². The Morgan fingerprint density at radius 2 is 2.20 bits per heavy atom. The Balaban J connectivity index is 2.19. The Labute approximate surface area is 124 Å². The van der Waals surface area contributed by atoms with Gasteiger partial charge in [0.2, 0.25) is 0 Å². The van der Waals surface area contributed by atoms with Gasteiger partial charge in [-0.2, -0.15) is 0 Å². The molecule has 2 atom stereocenters. The predicted molar refractivity (Wildman–Crippen MR) is 79.2 cm³/mol. The Morgan fingerprint density at radius 3 is 2.85 bits per heavy atom. The first kappa shape index (κ1) is 16.6. The van der Waals surface area contributed by atoms with Crippen LogP contribution in [0.2, 0.25) is 5.02 Å². The maximum absolute atomic E-state index is 11.6. The van der Waals surface area contributed by atoms with Gasteiger partial charge < -0.3 is 20.5 Å². The van der Waals surface area contributed by atoms with Gasteiger partial charge in [-0.3, -0.25) is 0 Å². The Bertz CT molecular complexity index is 429. The summed E-state index contributed by atoms with van der Waals surface area (Å²) in [5, 5.41) is 15.0. The topological polar surface area (TPSA) is 70.6 Å². The van der Waals surface area contributed by atoms with Crippen molar-refractivity contribution in [2.75, 3.05) is 19.8 Å². The number of hydrogen-bond donors (Lipinski definition) is 3. The smallest absolute Gasteiger partial charge is 0.315 e. The zero-order chi connectivity index (χ0) is 15.0. The quantitative estimate of drug-likeness (QED) is 0.675. The molecule has 2 amide bonds. The first-order valence-corrected chi connectivity index (χ1v) is 6.94. The molecule has 0 heterocycles. The third-order valence-electron chi connectivity index (χ3n) is 2.95. The van der Waals surface area contributed by atoms with Gasteiger partial charge in [0.1, 0.15) is 12.4 Å². The van der Waals surface area contributed by atoms with E-state index in [1.807, 2.05) is 13.8 Å². The van der Waals surface area contributed by atoms with Crippen molar-refractivity contribution >= 4 is 17.6 Å². The Kier molecular flexibility index (Phi) is 7.18. The number of carbonyl (C=O) groups is 1. The van der Waals surface area contributed by atoms with E-state index in [0.29, 0.717) is 23.9 Å². The highest BCUT2D eigenvalue weighted by atomic mass is 35.5. The number of halogens is 1. The van der Waals surface area contributed by atoms with Crippen LogP contribution in [0.3, 0.4) is 0 Å². The molecule has 0 radical (unpaired) electrons. The number of amides is 2. The van der Waals surface area contributed by atoms with E-state index in [2.05, 4.69) is 10.6 Å². The van der Waals surface area contributed by atoms with Gasteiger partial charge in [-0.05, 0) is 31.0 Å². The number of benzene rings is 1. The van der Waals surface area contributed by atoms with Crippen molar-refractivity contribution in [3.8, 4) is 5.75 Å². The van der Waals surface area contributed by atoms with E-state index in [1.165, 1.54) is 0 Å². The lowest BCUT2D eigenvalue weighted by molar-refractivity contribution is 0.199. The van der Waals surface area contributed by atoms with Gasteiger partial charge in [-0.25, -0.2) is 4.79 Å². The summed E-state index contributed by atoms with van der Waals surface area (Å²) in [5.41, 5.74) is 0. The zero-order valence-electron chi connectivity index (χ0n) is 11.7. The lowest BCUT2D eigenvalue weighted by Crippen LogP contribution is -2.45. The molecular formula is C14H21ClN2O3. The molecule has 6 heteroatoms. The van der Waals surface area contributed by atoms with Crippen LogP contribution in [0.15, 0.2) is 24.3 Å². The Hall–Kier alpha value is -1.46. The fourth-order valence-electron chi connectivity index (χ4n) is 1.45. The number of aliphatic hydroxyl groups is 1. The van der Waals surface area contributed by atoms with Crippen LogP contribution >= 0.6 is 11.6 Å². The van der Waals surface area contributed by atoms with E-state index in [4.69, 9.17) is 21.4 Å². The Morgan fingerprint density at radius 1 is 1.45 bits per heavy atom. The van der Waals surface area contributed by atoms with Crippen LogP contribution in [0, 0.1) is 5.92 Å². The van der Waals surface area contributed by atoms with Gasteiger partial charge in [0.25, 0.3) is 0 Å². The normalized spacial score (nSPS) is 13.4. The fourth-order valence-corrected chi connectivity index (χ4v) is 1.63. The summed E-state index contributed by atoms with van der Waals surface area (Å²) in [6.45, 7) is 4.51. The minimum Gasteiger partial charge on any atom is -0.492 e. The second-order valence-corrected chi connectivity index (χ2v) is 5.09. The van der Waals surface area contributed by atoms with Gasteiger partial charge in [0.05, 0.1) is 6.54 Å². The van der Waals surface area contributed by atoms with Crippen LogP contribution in [-0.2, 0) is 0 Å². The maximum Gasteiger partial charge on any atom is 0.315 e. The van der Waals surface area contributed by atoms with Gasteiger partial charge in [-0.1, -0.05) is 24.6 Å². The van der Waals surface area contributed by atoms with E-state index in [0.717, 1.165) is 0 Å². The van der Waals surface area contributed by atoms with Crippen molar-refractivity contribution in [3.05, 3.63) is 29.3 Å². The highest BCUT2D eigenvalue weighted by molar-refractivity contribution is 6.30. The molecule has 0 fully saturated rings. The molecule has 0 bridgehead atoms. The molecule has 112 valence electrons. The van der Waals surface area contributed by atoms with Crippen LogP contribution in [0.25, 0.3) is 0 Å².